The van der Waals surface area contributed by atoms with Crippen molar-refractivity contribution in [3.8, 4) is 0 Å². The van der Waals surface area contributed by atoms with Crippen molar-refractivity contribution in [2.75, 3.05) is 39.3 Å². The Kier molecular flexibility index (Phi) is 4.88. The molecular formula is C23H26F5N7OS. The van der Waals surface area contributed by atoms with Gasteiger partial charge in [0.2, 0.25) is 5.92 Å². The molecule has 7 rings (SSSR count). The molecule has 2 aliphatic carbocycles. The number of nitrogens with zero attached hydrogens (tertiary/aromatic N) is 6. The summed E-state index contributed by atoms with van der Waals surface area (Å²) in [6, 6.07) is 0.0546. The first kappa shape index (κ1) is 23.7. The second-order valence-corrected chi connectivity index (χ2v) is 13.0. The van der Waals surface area contributed by atoms with Crippen molar-refractivity contribution in [3.05, 3.63) is 27.7 Å². The minimum Gasteiger partial charge on any atom is -0.323 e. The van der Waals surface area contributed by atoms with Gasteiger partial charge in [-0.2, -0.15) is 18.3 Å². The van der Waals surface area contributed by atoms with Gasteiger partial charge in [0.15, 0.2) is 5.82 Å². The molecule has 0 aromatic carbocycles. The van der Waals surface area contributed by atoms with Crippen molar-refractivity contribution in [1.29, 1.82) is 0 Å². The molecule has 2 spiro atoms. The summed E-state index contributed by atoms with van der Waals surface area (Å²) in [6.45, 7) is 4.73. The first-order valence-corrected chi connectivity index (χ1v) is 13.3. The molecule has 14 heteroatoms. The van der Waals surface area contributed by atoms with E-state index in [1.807, 2.05) is 9.80 Å². The van der Waals surface area contributed by atoms with Crippen LogP contribution >= 0.6 is 11.3 Å². The number of H-pyrrole nitrogens is 1. The van der Waals surface area contributed by atoms with Crippen LogP contribution in [0.1, 0.15) is 59.1 Å². The highest BCUT2D eigenvalue weighted by Crippen LogP contribution is 2.56. The number of alkyl halides is 5. The molecule has 3 aliphatic heterocycles. The van der Waals surface area contributed by atoms with Crippen LogP contribution in [0.2, 0.25) is 0 Å². The maximum Gasteiger partial charge on any atom is 0.427 e. The molecule has 0 atom stereocenters. The molecule has 5 aliphatic rings. The molecule has 5 heterocycles. The zero-order valence-corrected chi connectivity index (χ0v) is 20.7. The molecule has 2 aromatic rings. The molecule has 0 bridgehead atoms. The van der Waals surface area contributed by atoms with E-state index in [9.17, 15) is 26.7 Å². The van der Waals surface area contributed by atoms with Gasteiger partial charge in [0.1, 0.15) is 15.7 Å². The molecule has 0 radical (unpaired) electrons. The van der Waals surface area contributed by atoms with E-state index in [-0.39, 0.29) is 41.5 Å². The van der Waals surface area contributed by atoms with Crippen LogP contribution in [0.5, 0.6) is 0 Å². The van der Waals surface area contributed by atoms with Crippen molar-refractivity contribution >= 4 is 17.4 Å². The van der Waals surface area contributed by atoms with Crippen molar-refractivity contribution in [2.24, 2.45) is 10.8 Å². The third-order valence-electron chi connectivity index (χ3n) is 8.68. The molecule has 1 N–H and O–H groups in total. The van der Waals surface area contributed by atoms with E-state index in [0.717, 1.165) is 45.2 Å². The first-order chi connectivity index (χ1) is 17.4. The summed E-state index contributed by atoms with van der Waals surface area (Å²) >= 11 is 0.689. The number of hydrogen-bond acceptors (Lipinski definition) is 6. The van der Waals surface area contributed by atoms with Gasteiger partial charge in [-0.3, -0.25) is 10.00 Å². The Hall–Kier alpha value is -2.35. The van der Waals surface area contributed by atoms with Gasteiger partial charge in [-0.1, -0.05) is 0 Å². The molecular weight excluding hydrogens is 517 g/mol. The second-order valence-electron chi connectivity index (χ2n) is 11.9. The van der Waals surface area contributed by atoms with Gasteiger partial charge in [-0.05, 0) is 12.8 Å². The van der Waals surface area contributed by atoms with Crippen LogP contribution in [0.4, 0.5) is 26.7 Å². The smallest absolute Gasteiger partial charge is 0.323 e. The van der Waals surface area contributed by atoms with E-state index in [2.05, 4.69) is 25.1 Å². The van der Waals surface area contributed by atoms with Gasteiger partial charge >= 0.3 is 12.2 Å². The van der Waals surface area contributed by atoms with Crippen LogP contribution in [-0.4, -0.2) is 86.1 Å². The Balaban J connectivity index is 0.833. The Morgan fingerprint density at radius 2 is 1.65 bits per heavy atom. The van der Waals surface area contributed by atoms with Gasteiger partial charge in [-0.15, -0.1) is 11.3 Å². The maximum absolute atomic E-state index is 13.1. The molecule has 8 nitrogen and oxygen atoms in total. The van der Waals surface area contributed by atoms with Crippen molar-refractivity contribution in [2.45, 2.75) is 56.2 Å². The predicted molar refractivity (Wildman–Crippen MR) is 121 cm³/mol. The van der Waals surface area contributed by atoms with Crippen LogP contribution in [-0.2, 0) is 12.7 Å². The standard InChI is InChI=1S/C23H26F5N7OS/c24-22(25)3-14(4-22)18-30-17(31-32-18)13-1-20(2-13)9-34(10-20)19(36)35-11-21(12-35)7-33(8-21)6-16-29-5-15(37-16)23(26,27)28/h5,13-14H,1-4,6-12H2,(H,30,31,32). The minimum atomic E-state index is -4.35. The molecule has 2 saturated carbocycles. The van der Waals surface area contributed by atoms with Gasteiger partial charge in [0, 0.05) is 74.8 Å². The lowest BCUT2D eigenvalue weighted by atomic mass is 9.57. The molecule has 0 unspecified atom stereocenters. The zero-order chi connectivity index (χ0) is 25.8. The Bertz CT molecular complexity index is 1210. The fraction of sp³-hybridized carbons (Fsp3) is 0.739. The molecule has 3 saturated heterocycles. The van der Waals surface area contributed by atoms with Crippen molar-refractivity contribution in [1.82, 2.24) is 34.9 Å². The summed E-state index contributed by atoms with van der Waals surface area (Å²) in [6.07, 6.45) is -1.99. The van der Waals surface area contributed by atoms with Crippen LogP contribution in [0, 0.1) is 10.8 Å². The van der Waals surface area contributed by atoms with Crippen molar-refractivity contribution in [3.63, 3.8) is 0 Å². The number of hydrogen-bond donors (Lipinski definition) is 1. The van der Waals surface area contributed by atoms with Crippen LogP contribution in [0.15, 0.2) is 6.20 Å². The number of rotatable bonds is 4. The molecule has 2 amide bonds. The zero-order valence-electron chi connectivity index (χ0n) is 19.9. The Labute approximate surface area is 213 Å². The Morgan fingerprint density at radius 1 is 1.00 bits per heavy atom. The van der Waals surface area contributed by atoms with E-state index >= 15 is 0 Å². The number of carbonyl (C=O) groups is 1. The lowest BCUT2D eigenvalue weighted by Crippen LogP contribution is -2.75. The van der Waals surface area contributed by atoms with E-state index < -0.39 is 17.0 Å². The Morgan fingerprint density at radius 3 is 2.24 bits per heavy atom. The minimum absolute atomic E-state index is 0.0532. The normalized spacial score (nSPS) is 26.4. The van der Waals surface area contributed by atoms with E-state index in [4.69, 9.17) is 0 Å². The first-order valence-electron chi connectivity index (χ1n) is 12.5. The van der Waals surface area contributed by atoms with Gasteiger partial charge < -0.3 is 9.80 Å². The molecule has 2 aromatic heterocycles. The highest BCUT2D eigenvalue weighted by molar-refractivity contribution is 7.11. The molecule has 200 valence electrons. The topological polar surface area (TPSA) is 81.2 Å². The van der Waals surface area contributed by atoms with Gasteiger partial charge in [0.05, 0.1) is 12.7 Å². The van der Waals surface area contributed by atoms with Crippen LogP contribution in [0.25, 0.3) is 0 Å². The fourth-order valence-corrected chi connectivity index (χ4v) is 7.68. The number of aromatic amines is 1. The van der Waals surface area contributed by atoms with Crippen molar-refractivity contribution < 1.29 is 26.7 Å². The molecule has 37 heavy (non-hydrogen) atoms. The van der Waals surface area contributed by atoms with Gasteiger partial charge in [0.25, 0.3) is 0 Å². The summed E-state index contributed by atoms with van der Waals surface area (Å²) < 4.78 is 64.5. The van der Waals surface area contributed by atoms with E-state index in [1.165, 1.54) is 0 Å². The third kappa shape index (κ3) is 4.01. The number of halogens is 5. The summed E-state index contributed by atoms with van der Waals surface area (Å²) in [5.74, 6) is -1.35. The van der Waals surface area contributed by atoms with E-state index in [1.54, 1.807) is 0 Å². The summed E-state index contributed by atoms with van der Waals surface area (Å²) in [7, 11) is 0. The number of aromatic nitrogens is 4. The predicted octanol–water partition coefficient (Wildman–Crippen LogP) is 3.91. The summed E-state index contributed by atoms with van der Waals surface area (Å²) in [5, 5.41) is 7.57. The highest BCUT2D eigenvalue weighted by Gasteiger charge is 2.59. The molecule has 5 fully saturated rings. The van der Waals surface area contributed by atoms with E-state index in [0.29, 0.717) is 47.6 Å². The number of thiazole rings is 1. The number of likely N-dealkylation sites (tertiary alicyclic amines) is 3. The summed E-state index contributed by atoms with van der Waals surface area (Å²) in [4.78, 5) is 26.4. The largest absolute Gasteiger partial charge is 0.427 e. The number of nitrogens with one attached hydrogen (secondary N) is 1. The monoisotopic (exact) mass is 543 g/mol. The van der Waals surface area contributed by atoms with Gasteiger partial charge in [-0.25, -0.2) is 23.5 Å². The lowest BCUT2D eigenvalue weighted by Gasteiger charge is -2.63. The quantitative estimate of drug-likeness (QED) is 0.592. The fourth-order valence-electron chi connectivity index (χ4n) is 6.85. The second kappa shape index (κ2) is 7.61. The SMILES string of the molecule is O=C(N1CC2(CC(c3n[nH]c(C4CC(F)(F)C4)n3)C2)C1)N1CC2(CN(Cc3ncc(C(F)(F)F)s3)C2)C1. The third-order valence-corrected chi connectivity index (χ3v) is 9.70. The average Bonchev–Trinajstić information content (AvgIpc) is 3.34. The number of amides is 2. The lowest BCUT2D eigenvalue weighted by molar-refractivity contribution is -0.134. The number of carbonyl (C=O) groups excluding carboxylic acids is 1. The maximum atomic E-state index is 13.1. The summed E-state index contributed by atoms with van der Waals surface area (Å²) in [5.41, 5.74) is 0.168. The average molecular weight is 544 g/mol. The van der Waals surface area contributed by atoms with Crippen LogP contribution in [0.3, 0.4) is 0 Å². The number of urea groups is 1. The highest BCUT2D eigenvalue weighted by atomic mass is 32.1. The van der Waals surface area contributed by atoms with Crippen LogP contribution < -0.4 is 0 Å².